The lowest BCUT2D eigenvalue weighted by Crippen LogP contribution is -2.05. The second-order valence-electron chi connectivity index (χ2n) is 5.20. The summed E-state index contributed by atoms with van der Waals surface area (Å²) in [7, 11) is 0. The van der Waals surface area contributed by atoms with Gasteiger partial charge < -0.3 is 9.30 Å². The molecule has 0 aliphatic rings. The van der Waals surface area contributed by atoms with Gasteiger partial charge in [0.15, 0.2) is 0 Å². The standard InChI is InChI=1S/C18H15BrCl2N2O/c1-2-23-10-17(15-8-5-13(20)9-16(15)21)22-18(23)11-24-14-6-3-12(19)4-7-14/h3-10H,2,11H2,1H3. The molecule has 0 atom stereocenters. The molecule has 0 aliphatic carbocycles. The Bertz CT molecular complexity index is 847. The van der Waals surface area contributed by atoms with E-state index in [1.807, 2.05) is 42.6 Å². The fourth-order valence-corrected chi connectivity index (χ4v) is 3.12. The van der Waals surface area contributed by atoms with Gasteiger partial charge in [0.1, 0.15) is 18.2 Å². The molecule has 0 fully saturated rings. The number of benzene rings is 2. The molecule has 3 aromatic rings. The molecule has 24 heavy (non-hydrogen) atoms. The first-order valence-electron chi connectivity index (χ1n) is 7.46. The molecular weight excluding hydrogens is 411 g/mol. The molecule has 0 amide bonds. The molecule has 0 spiro atoms. The van der Waals surface area contributed by atoms with E-state index in [-0.39, 0.29) is 0 Å². The lowest BCUT2D eigenvalue weighted by Gasteiger charge is -2.07. The number of imidazole rings is 1. The molecule has 0 unspecified atom stereocenters. The van der Waals surface area contributed by atoms with Crippen molar-refractivity contribution in [1.82, 2.24) is 9.55 Å². The Balaban J connectivity index is 1.83. The van der Waals surface area contributed by atoms with E-state index in [0.717, 1.165) is 33.8 Å². The van der Waals surface area contributed by atoms with Crippen molar-refractivity contribution in [2.24, 2.45) is 0 Å². The molecule has 2 aromatic carbocycles. The van der Waals surface area contributed by atoms with Crippen molar-refractivity contribution in [3.63, 3.8) is 0 Å². The molecule has 124 valence electrons. The molecular formula is C18H15BrCl2N2O. The highest BCUT2D eigenvalue weighted by Gasteiger charge is 2.12. The highest BCUT2D eigenvalue weighted by molar-refractivity contribution is 9.10. The first kappa shape index (κ1) is 17.3. The van der Waals surface area contributed by atoms with Gasteiger partial charge in [0.05, 0.1) is 10.7 Å². The van der Waals surface area contributed by atoms with E-state index in [0.29, 0.717) is 16.7 Å². The van der Waals surface area contributed by atoms with Gasteiger partial charge >= 0.3 is 0 Å². The van der Waals surface area contributed by atoms with Gasteiger partial charge in [-0.3, -0.25) is 0 Å². The zero-order valence-corrected chi connectivity index (χ0v) is 16.1. The highest BCUT2D eigenvalue weighted by atomic mass is 79.9. The number of hydrogen-bond acceptors (Lipinski definition) is 2. The summed E-state index contributed by atoms with van der Waals surface area (Å²) in [5.41, 5.74) is 1.67. The van der Waals surface area contributed by atoms with Gasteiger partial charge in [0.25, 0.3) is 0 Å². The summed E-state index contributed by atoms with van der Waals surface area (Å²) in [6.07, 6.45) is 1.98. The molecule has 3 rings (SSSR count). The lowest BCUT2D eigenvalue weighted by atomic mass is 10.2. The third kappa shape index (κ3) is 3.94. The fraction of sp³-hybridized carbons (Fsp3) is 0.167. The van der Waals surface area contributed by atoms with Crippen molar-refractivity contribution in [3.05, 3.63) is 69.0 Å². The van der Waals surface area contributed by atoms with Gasteiger partial charge in [-0.05, 0) is 49.4 Å². The van der Waals surface area contributed by atoms with Crippen LogP contribution >= 0.6 is 39.1 Å². The van der Waals surface area contributed by atoms with Crippen molar-refractivity contribution in [3.8, 4) is 17.0 Å². The summed E-state index contributed by atoms with van der Waals surface area (Å²) in [5.74, 6) is 1.65. The summed E-state index contributed by atoms with van der Waals surface area (Å²) in [5, 5.41) is 1.20. The van der Waals surface area contributed by atoms with Crippen molar-refractivity contribution < 1.29 is 4.74 Å². The van der Waals surface area contributed by atoms with Crippen molar-refractivity contribution >= 4 is 39.1 Å². The van der Waals surface area contributed by atoms with Gasteiger partial charge in [0.2, 0.25) is 0 Å². The van der Waals surface area contributed by atoms with Gasteiger partial charge in [0, 0.05) is 27.8 Å². The highest BCUT2D eigenvalue weighted by Crippen LogP contribution is 2.30. The van der Waals surface area contributed by atoms with Gasteiger partial charge in [-0.15, -0.1) is 0 Å². The van der Waals surface area contributed by atoms with E-state index in [1.165, 1.54) is 0 Å². The minimum atomic E-state index is 0.390. The smallest absolute Gasteiger partial charge is 0.147 e. The minimum absolute atomic E-state index is 0.390. The SMILES string of the molecule is CCn1cc(-c2ccc(Cl)cc2Cl)nc1COc1ccc(Br)cc1. The van der Waals surface area contributed by atoms with E-state index in [1.54, 1.807) is 6.07 Å². The van der Waals surface area contributed by atoms with Crippen LogP contribution in [0.4, 0.5) is 0 Å². The number of nitrogens with zero attached hydrogens (tertiary/aromatic N) is 2. The molecule has 1 heterocycles. The third-order valence-electron chi connectivity index (χ3n) is 3.59. The molecule has 6 heteroatoms. The average Bonchev–Trinajstić information content (AvgIpc) is 2.97. The average molecular weight is 426 g/mol. The minimum Gasteiger partial charge on any atom is -0.486 e. The van der Waals surface area contributed by atoms with E-state index in [9.17, 15) is 0 Å². The van der Waals surface area contributed by atoms with Crippen LogP contribution in [0.25, 0.3) is 11.3 Å². The molecule has 0 bridgehead atoms. The summed E-state index contributed by atoms with van der Waals surface area (Å²) >= 11 is 15.7. The van der Waals surface area contributed by atoms with Crippen molar-refractivity contribution in [2.75, 3.05) is 0 Å². The Morgan fingerprint density at radius 1 is 1.12 bits per heavy atom. The molecule has 0 aliphatic heterocycles. The number of aromatic nitrogens is 2. The quantitative estimate of drug-likeness (QED) is 0.485. The maximum absolute atomic E-state index is 6.29. The predicted molar refractivity (Wildman–Crippen MR) is 102 cm³/mol. The van der Waals surface area contributed by atoms with Crippen LogP contribution in [0.15, 0.2) is 53.1 Å². The third-order valence-corrected chi connectivity index (χ3v) is 4.66. The zero-order valence-electron chi connectivity index (χ0n) is 13.0. The van der Waals surface area contributed by atoms with Crippen molar-refractivity contribution in [1.29, 1.82) is 0 Å². The Kier molecular flexibility index (Phi) is 5.49. The first-order chi connectivity index (χ1) is 11.6. The largest absolute Gasteiger partial charge is 0.486 e. The molecule has 1 aromatic heterocycles. The van der Waals surface area contributed by atoms with Crippen LogP contribution in [0.5, 0.6) is 5.75 Å². The fourth-order valence-electron chi connectivity index (χ4n) is 2.35. The second kappa shape index (κ2) is 7.60. The van der Waals surface area contributed by atoms with E-state index in [4.69, 9.17) is 27.9 Å². The van der Waals surface area contributed by atoms with Crippen LogP contribution in [-0.4, -0.2) is 9.55 Å². The van der Waals surface area contributed by atoms with Crippen LogP contribution < -0.4 is 4.74 Å². The number of rotatable bonds is 5. The topological polar surface area (TPSA) is 27.1 Å². The summed E-state index contributed by atoms with van der Waals surface area (Å²) in [4.78, 5) is 4.68. The van der Waals surface area contributed by atoms with E-state index < -0.39 is 0 Å². The van der Waals surface area contributed by atoms with Gasteiger partial charge in [-0.1, -0.05) is 39.1 Å². The Labute approximate surface area is 159 Å². The summed E-state index contributed by atoms with van der Waals surface area (Å²) < 4.78 is 8.90. The predicted octanol–water partition coefficient (Wildman–Crippen LogP) is 6.22. The zero-order chi connectivity index (χ0) is 17.1. The molecule has 0 saturated carbocycles. The summed E-state index contributed by atoms with van der Waals surface area (Å²) in [6.45, 7) is 3.26. The second-order valence-corrected chi connectivity index (χ2v) is 6.95. The normalized spacial score (nSPS) is 10.8. The number of ether oxygens (including phenoxy) is 1. The molecule has 3 nitrogen and oxygen atoms in total. The van der Waals surface area contributed by atoms with Gasteiger partial charge in [-0.2, -0.15) is 0 Å². The van der Waals surface area contributed by atoms with Crippen LogP contribution in [-0.2, 0) is 13.2 Å². The Morgan fingerprint density at radius 3 is 2.54 bits per heavy atom. The van der Waals surface area contributed by atoms with Gasteiger partial charge in [-0.25, -0.2) is 4.98 Å². The maximum atomic E-state index is 6.29. The lowest BCUT2D eigenvalue weighted by molar-refractivity contribution is 0.290. The maximum Gasteiger partial charge on any atom is 0.147 e. The number of aryl methyl sites for hydroxylation is 1. The van der Waals surface area contributed by atoms with Crippen LogP contribution in [0.1, 0.15) is 12.7 Å². The monoisotopic (exact) mass is 424 g/mol. The summed E-state index contributed by atoms with van der Waals surface area (Å²) in [6, 6.07) is 13.1. The van der Waals surface area contributed by atoms with Crippen LogP contribution in [0.3, 0.4) is 0 Å². The molecule has 0 radical (unpaired) electrons. The van der Waals surface area contributed by atoms with E-state index >= 15 is 0 Å². The number of halogens is 3. The first-order valence-corrected chi connectivity index (χ1v) is 9.01. The molecule has 0 N–H and O–H groups in total. The van der Waals surface area contributed by atoms with Crippen LogP contribution in [0, 0.1) is 0 Å². The Morgan fingerprint density at radius 2 is 1.88 bits per heavy atom. The van der Waals surface area contributed by atoms with E-state index in [2.05, 4.69) is 32.4 Å². The van der Waals surface area contributed by atoms with Crippen LogP contribution in [0.2, 0.25) is 10.0 Å². The Hall–Kier alpha value is -1.49. The molecule has 0 saturated heterocycles. The number of hydrogen-bond donors (Lipinski definition) is 0. The van der Waals surface area contributed by atoms with Crippen molar-refractivity contribution in [2.45, 2.75) is 20.1 Å².